The minimum absolute atomic E-state index is 0.00883. The van der Waals surface area contributed by atoms with E-state index < -0.39 is 23.3 Å². The van der Waals surface area contributed by atoms with Gasteiger partial charge in [0.2, 0.25) is 0 Å². The normalized spacial score (nSPS) is 16.0. The van der Waals surface area contributed by atoms with E-state index >= 15 is 0 Å². The number of aliphatic hydroxyl groups is 1. The molecule has 0 fully saturated rings. The second-order valence-electron chi connectivity index (χ2n) is 5.28. The van der Waals surface area contributed by atoms with Crippen LogP contribution in [0.25, 0.3) is 0 Å². The van der Waals surface area contributed by atoms with E-state index in [0.717, 1.165) is 12.1 Å². The molecule has 7 heteroatoms. The quantitative estimate of drug-likeness (QED) is 0.906. The Morgan fingerprint density at radius 3 is 2.62 bits per heavy atom. The fourth-order valence-corrected chi connectivity index (χ4v) is 2.27. The van der Waals surface area contributed by atoms with Crippen LogP contribution in [0.2, 0.25) is 0 Å². The minimum Gasteiger partial charge on any atom is -0.381 e. The van der Waals surface area contributed by atoms with E-state index in [2.05, 4.69) is 10.1 Å². The number of hydrogen-bond acceptors (Lipinski definition) is 4. The minimum atomic E-state index is -1.57. The van der Waals surface area contributed by atoms with Gasteiger partial charge in [0, 0.05) is 17.7 Å². The summed E-state index contributed by atoms with van der Waals surface area (Å²) >= 11 is 0. The summed E-state index contributed by atoms with van der Waals surface area (Å²) in [5.74, 6) is -1.47. The molecule has 0 unspecified atom stereocenters. The number of nitrogens with zero attached hydrogens (tertiary/aromatic N) is 4. The Labute approximate surface area is 121 Å². The molecule has 0 radical (unpaired) electrons. The highest BCUT2D eigenvalue weighted by atomic mass is 19.1. The van der Waals surface area contributed by atoms with Crippen LogP contribution in [0, 0.1) is 11.6 Å². The van der Waals surface area contributed by atoms with E-state index in [0.29, 0.717) is 0 Å². The molecule has 2 aromatic rings. The number of likely N-dealkylation sites (N-methyl/N-ethyl adjacent to an activating group) is 1. The van der Waals surface area contributed by atoms with Gasteiger partial charge in [0.15, 0.2) is 0 Å². The van der Waals surface area contributed by atoms with Crippen molar-refractivity contribution in [3.8, 4) is 0 Å². The summed E-state index contributed by atoms with van der Waals surface area (Å²) in [7, 11) is 3.55. The van der Waals surface area contributed by atoms with Crippen molar-refractivity contribution in [3.05, 3.63) is 48.1 Å². The zero-order valence-corrected chi connectivity index (χ0v) is 12.2. The molecular formula is C14H18F2N4O. The monoisotopic (exact) mass is 296 g/mol. The fourth-order valence-electron chi connectivity index (χ4n) is 2.27. The Kier molecular flexibility index (Phi) is 4.34. The molecule has 1 aromatic heterocycles. The van der Waals surface area contributed by atoms with Crippen LogP contribution in [0.3, 0.4) is 0 Å². The van der Waals surface area contributed by atoms with Crippen LogP contribution in [0.15, 0.2) is 30.9 Å². The maximum atomic E-state index is 14.1. The van der Waals surface area contributed by atoms with E-state index in [1.165, 1.54) is 23.4 Å². The molecule has 2 atom stereocenters. The van der Waals surface area contributed by atoms with Gasteiger partial charge in [-0.1, -0.05) is 6.07 Å². The Bertz CT molecular complexity index is 603. The molecule has 1 N–H and O–H groups in total. The highest BCUT2D eigenvalue weighted by Crippen LogP contribution is 2.31. The third kappa shape index (κ3) is 3.08. The van der Waals surface area contributed by atoms with E-state index in [1.807, 2.05) is 0 Å². The maximum Gasteiger partial charge on any atom is 0.137 e. The SMILES string of the molecule is C[C@@H](N(C)C)[C@](O)(Cn1cncn1)c1ccc(F)cc1F. The van der Waals surface area contributed by atoms with Crippen LogP contribution in [-0.4, -0.2) is 44.9 Å². The molecule has 0 saturated heterocycles. The van der Waals surface area contributed by atoms with Gasteiger partial charge in [-0.25, -0.2) is 18.4 Å². The predicted octanol–water partition coefficient (Wildman–Crippen LogP) is 1.39. The van der Waals surface area contributed by atoms with Gasteiger partial charge in [-0.3, -0.25) is 0 Å². The largest absolute Gasteiger partial charge is 0.381 e. The summed E-state index contributed by atoms with van der Waals surface area (Å²) in [5, 5.41) is 15.0. The van der Waals surface area contributed by atoms with Crippen LogP contribution in [0.5, 0.6) is 0 Å². The summed E-state index contributed by atoms with van der Waals surface area (Å²) in [6, 6.07) is 2.74. The molecule has 0 aliphatic carbocycles. The highest BCUT2D eigenvalue weighted by molar-refractivity contribution is 5.27. The van der Waals surface area contributed by atoms with Crippen molar-refractivity contribution < 1.29 is 13.9 Å². The molecule has 1 heterocycles. The average Bonchev–Trinajstić information content (AvgIpc) is 2.89. The van der Waals surface area contributed by atoms with Gasteiger partial charge in [0.05, 0.1) is 6.54 Å². The molecule has 0 bridgehead atoms. The van der Waals surface area contributed by atoms with E-state index in [1.54, 1.807) is 25.9 Å². The number of benzene rings is 1. The van der Waals surface area contributed by atoms with Crippen molar-refractivity contribution in [2.75, 3.05) is 14.1 Å². The average molecular weight is 296 g/mol. The number of hydrogen-bond donors (Lipinski definition) is 1. The van der Waals surface area contributed by atoms with Crippen LogP contribution in [0.1, 0.15) is 12.5 Å². The molecule has 0 spiro atoms. The first-order valence-electron chi connectivity index (χ1n) is 6.51. The lowest BCUT2D eigenvalue weighted by Gasteiger charge is -2.38. The number of aromatic nitrogens is 3. The zero-order chi connectivity index (χ0) is 15.6. The van der Waals surface area contributed by atoms with Gasteiger partial charge in [-0.2, -0.15) is 5.10 Å². The second kappa shape index (κ2) is 5.87. The summed E-state index contributed by atoms with van der Waals surface area (Å²) in [4.78, 5) is 5.58. The van der Waals surface area contributed by atoms with Gasteiger partial charge in [-0.15, -0.1) is 0 Å². The zero-order valence-electron chi connectivity index (χ0n) is 12.2. The number of rotatable bonds is 5. The van der Waals surface area contributed by atoms with Gasteiger partial charge in [0.1, 0.15) is 29.9 Å². The summed E-state index contributed by atoms with van der Waals surface area (Å²) < 4.78 is 28.7. The topological polar surface area (TPSA) is 54.2 Å². The fraction of sp³-hybridized carbons (Fsp3) is 0.429. The van der Waals surface area contributed by atoms with Crippen LogP contribution in [-0.2, 0) is 12.1 Å². The molecule has 0 aliphatic heterocycles. The van der Waals surface area contributed by atoms with E-state index in [-0.39, 0.29) is 12.1 Å². The summed E-state index contributed by atoms with van der Waals surface area (Å²) in [6.45, 7) is 1.77. The molecule has 0 amide bonds. The summed E-state index contributed by atoms with van der Waals surface area (Å²) in [6.07, 6.45) is 2.77. The van der Waals surface area contributed by atoms with Crippen molar-refractivity contribution in [2.24, 2.45) is 0 Å². The molecule has 0 saturated carbocycles. The lowest BCUT2D eigenvalue weighted by atomic mass is 9.86. The first-order valence-corrected chi connectivity index (χ1v) is 6.51. The standard InChI is InChI=1S/C14H18F2N4O/c1-10(19(2)3)14(21,7-20-9-17-8-18-20)12-5-4-11(15)6-13(12)16/h4-6,8-10,21H,7H2,1-3H3/t10-,14-/m1/s1. The molecule has 5 nitrogen and oxygen atoms in total. The molecule has 21 heavy (non-hydrogen) atoms. The van der Waals surface area contributed by atoms with Gasteiger partial charge < -0.3 is 10.0 Å². The van der Waals surface area contributed by atoms with Gasteiger partial charge >= 0.3 is 0 Å². The lowest BCUT2D eigenvalue weighted by molar-refractivity contribution is -0.0507. The van der Waals surface area contributed by atoms with Crippen molar-refractivity contribution in [3.63, 3.8) is 0 Å². The molecule has 2 rings (SSSR count). The van der Waals surface area contributed by atoms with Crippen LogP contribution in [0.4, 0.5) is 8.78 Å². The predicted molar refractivity (Wildman–Crippen MR) is 73.4 cm³/mol. The van der Waals surface area contributed by atoms with Crippen molar-refractivity contribution in [1.82, 2.24) is 19.7 Å². The third-order valence-electron chi connectivity index (χ3n) is 3.73. The van der Waals surface area contributed by atoms with Crippen molar-refractivity contribution in [2.45, 2.75) is 25.1 Å². The third-order valence-corrected chi connectivity index (χ3v) is 3.73. The lowest BCUT2D eigenvalue weighted by Crippen LogP contribution is -2.49. The van der Waals surface area contributed by atoms with E-state index in [9.17, 15) is 13.9 Å². The van der Waals surface area contributed by atoms with Gasteiger partial charge in [0.25, 0.3) is 0 Å². The molecule has 1 aromatic carbocycles. The Morgan fingerprint density at radius 2 is 2.10 bits per heavy atom. The second-order valence-corrected chi connectivity index (χ2v) is 5.28. The maximum absolute atomic E-state index is 14.1. The Hall–Kier alpha value is -1.86. The van der Waals surface area contributed by atoms with Crippen molar-refractivity contribution in [1.29, 1.82) is 0 Å². The van der Waals surface area contributed by atoms with Crippen LogP contribution < -0.4 is 0 Å². The van der Waals surface area contributed by atoms with E-state index in [4.69, 9.17) is 0 Å². The highest BCUT2D eigenvalue weighted by Gasteiger charge is 2.40. The van der Waals surface area contributed by atoms with Gasteiger partial charge in [-0.05, 0) is 27.1 Å². The summed E-state index contributed by atoms with van der Waals surface area (Å²) in [5.41, 5.74) is -1.55. The first-order chi connectivity index (χ1) is 9.84. The molecule has 114 valence electrons. The molecular weight excluding hydrogens is 278 g/mol. The molecule has 0 aliphatic rings. The Morgan fingerprint density at radius 1 is 1.38 bits per heavy atom. The van der Waals surface area contributed by atoms with Crippen molar-refractivity contribution >= 4 is 0 Å². The number of halogens is 2. The smallest absolute Gasteiger partial charge is 0.137 e. The first kappa shape index (κ1) is 15.5. The van der Waals surface area contributed by atoms with Crippen LogP contribution >= 0.6 is 0 Å². The Balaban J connectivity index is 2.49.